The fourth-order valence-corrected chi connectivity index (χ4v) is 3.99. The molecule has 1 atom stereocenters. The summed E-state index contributed by atoms with van der Waals surface area (Å²) in [6.07, 6.45) is 2.44. The minimum Gasteiger partial charge on any atom is -0.356 e. The summed E-state index contributed by atoms with van der Waals surface area (Å²) >= 11 is 0. The smallest absolute Gasteiger partial charge is 0.191 e. The average molecular weight is 430 g/mol. The maximum atomic E-state index is 13.7. The number of hydrogen-bond donors (Lipinski definition) is 2. The van der Waals surface area contributed by atoms with Crippen molar-refractivity contribution in [3.05, 3.63) is 47.3 Å². The highest BCUT2D eigenvalue weighted by Crippen LogP contribution is 2.23. The van der Waals surface area contributed by atoms with Gasteiger partial charge in [-0.2, -0.15) is 0 Å². The Balaban J connectivity index is 1.69. The van der Waals surface area contributed by atoms with E-state index >= 15 is 0 Å². The third-order valence-corrected chi connectivity index (χ3v) is 6.28. The van der Waals surface area contributed by atoms with Gasteiger partial charge in [-0.05, 0) is 50.6 Å². The van der Waals surface area contributed by atoms with Crippen LogP contribution in [0.15, 0.2) is 29.3 Å². The predicted octanol–water partition coefficient (Wildman–Crippen LogP) is 2.76. The maximum absolute atomic E-state index is 13.7. The van der Waals surface area contributed by atoms with Crippen LogP contribution < -0.4 is 10.6 Å². The molecule has 170 valence electrons. The van der Waals surface area contributed by atoms with Crippen LogP contribution in [0.3, 0.4) is 0 Å². The van der Waals surface area contributed by atoms with E-state index in [4.69, 9.17) is 4.99 Å². The quantitative estimate of drug-likeness (QED) is 0.499. The van der Waals surface area contributed by atoms with Crippen LogP contribution >= 0.6 is 0 Å². The van der Waals surface area contributed by atoms with Crippen molar-refractivity contribution in [1.29, 1.82) is 0 Å². The Morgan fingerprint density at radius 3 is 2.77 bits per heavy atom. The molecule has 0 aliphatic carbocycles. The SMILES string of the molecule is CCN1CCCC1CNC(=NCc1nnc(C)n1C)NCC(C)(C)c1cccc(F)c1. The number of nitrogens with zero attached hydrogens (tertiary/aromatic N) is 5. The fraction of sp³-hybridized carbons (Fsp3) is 0.609. The van der Waals surface area contributed by atoms with Gasteiger partial charge in [0.2, 0.25) is 0 Å². The molecule has 0 bridgehead atoms. The molecule has 0 amide bonds. The average Bonchev–Trinajstić information content (AvgIpc) is 3.34. The van der Waals surface area contributed by atoms with E-state index in [0.717, 1.165) is 42.8 Å². The summed E-state index contributed by atoms with van der Waals surface area (Å²) in [5.41, 5.74) is 0.700. The molecule has 2 heterocycles. The molecule has 31 heavy (non-hydrogen) atoms. The van der Waals surface area contributed by atoms with Crippen LogP contribution in [0.1, 0.15) is 50.8 Å². The van der Waals surface area contributed by atoms with Crippen molar-refractivity contribution in [1.82, 2.24) is 30.3 Å². The summed E-state index contributed by atoms with van der Waals surface area (Å²) in [5.74, 6) is 2.22. The maximum Gasteiger partial charge on any atom is 0.191 e. The van der Waals surface area contributed by atoms with Gasteiger partial charge in [-0.15, -0.1) is 10.2 Å². The number of rotatable bonds is 8. The molecular weight excluding hydrogens is 393 g/mol. The van der Waals surface area contributed by atoms with E-state index in [1.807, 2.05) is 24.6 Å². The van der Waals surface area contributed by atoms with E-state index in [1.54, 1.807) is 12.1 Å². The molecule has 1 fully saturated rings. The molecule has 8 heteroatoms. The van der Waals surface area contributed by atoms with E-state index in [0.29, 0.717) is 19.1 Å². The molecule has 1 aromatic carbocycles. The number of halogens is 1. The minimum atomic E-state index is -0.255. The number of benzene rings is 1. The highest BCUT2D eigenvalue weighted by Gasteiger charge is 2.24. The van der Waals surface area contributed by atoms with Gasteiger partial charge in [0, 0.05) is 31.6 Å². The van der Waals surface area contributed by atoms with Crippen molar-refractivity contribution in [2.24, 2.45) is 12.0 Å². The van der Waals surface area contributed by atoms with Crippen LogP contribution in [0.2, 0.25) is 0 Å². The highest BCUT2D eigenvalue weighted by atomic mass is 19.1. The Labute approximate surface area is 185 Å². The molecule has 2 N–H and O–H groups in total. The molecule has 2 aromatic rings. The van der Waals surface area contributed by atoms with Gasteiger partial charge in [0.15, 0.2) is 11.8 Å². The zero-order chi connectivity index (χ0) is 22.4. The van der Waals surface area contributed by atoms with Crippen LogP contribution in [0.4, 0.5) is 4.39 Å². The molecule has 1 aromatic heterocycles. The van der Waals surface area contributed by atoms with Gasteiger partial charge in [-0.3, -0.25) is 4.90 Å². The van der Waals surface area contributed by atoms with E-state index in [2.05, 4.69) is 46.5 Å². The van der Waals surface area contributed by atoms with Gasteiger partial charge in [0.25, 0.3) is 0 Å². The lowest BCUT2D eigenvalue weighted by Crippen LogP contribution is -2.47. The molecule has 7 nitrogen and oxygen atoms in total. The zero-order valence-electron chi connectivity index (χ0n) is 19.5. The Bertz CT molecular complexity index is 890. The van der Waals surface area contributed by atoms with Gasteiger partial charge in [-0.1, -0.05) is 32.9 Å². The second-order valence-electron chi connectivity index (χ2n) is 8.94. The summed E-state index contributed by atoms with van der Waals surface area (Å²) in [7, 11) is 1.95. The predicted molar refractivity (Wildman–Crippen MR) is 123 cm³/mol. The Kier molecular flexibility index (Phi) is 7.64. The van der Waals surface area contributed by atoms with Gasteiger partial charge in [0.05, 0.1) is 0 Å². The van der Waals surface area contributed by atoms with E-state index in [-0.39, 0.29) is 11.2 Å². The molecule has 0 saturated carbocycles. The number of aliphatic imine (C=N–C) groups is 1. The fourth-order valence-electron chi connectivity index (χ4n) is 3.99. The topological polar surface area (TPSA) is 70.4 Å². The zero-order valence-corrected chi connectivity index (χ0v) is 19.5. The first-order valence-corrected chi connectivity index (χ1v) is 11.2. The number of likely N-dealkylation sites (tertiary alicyclic amines) is 1. The number of hydrogen-bond acceptors (Lipinski definition) is 4. The number of guanidine groups is 1. The Hall–Kier alpha value is -2.48. The van der Waals surface area contributed by atoms with Crippen LogP contribution in [-0.4, -0.2) is 57.8 Å². The summed E-state index contributed by atoms with van der Waals surface area (Å²) < 4.78 is 15.7. The van der Waals surface area contributed by atoms with Crippen molar-refractivity contribution in [2.45, 2.75) is 58.5 Å². The van der Waals surface area contributed by atoms with Crippen molar-refractivity contribution < 1.29 is 4.39 Å². The summed E-state index contributed by atoms with van der Waals surface area (Å²) in [6.45, 7) is 12.5. The third kappa shape index (κ3) is 6.03. The number of nitrogens with one attached hydrogen (secondary N) is 2. The number of aromatic nitrogens is 3. The first-order valence-electron chi connectivity index (χ1n) is 11.2. The molecular formula is C23H36FN7. The van der Waals surface area contributed by atoms with E-state index < -0.39 is 0 Å². The largest absolute Gasteiger partial charge is 0.356 e. The number of aryl methyl sites for hydroxylation is 1. The van der Waals surface area contributed by atoms with Crippen LogP contribution in [-0.2, 0) is 19.0 Å². The van der Waals surface area contributed by atoms with Crippen LogP contribution in [0, 0.1) is 12.7 Å². The highest BCUT2D eigenvalue weighted by molar-refractivity contribution is 5.80. The van der Waals surface area contributed by atoms with E-state index in [1.165, 1.54) is 18.9 Å². The summed E-state index contributed by atoms with van der Waals surface area (Å²) in [4.78, 5) is 7.28. The summed E-state index contributed by atoms with van der Waals surface area (Å²) in [6, 6.07) is 7.33. The van der Waals surface area contributed by atoms with Gasteiger partial charge in [0.1, 0.15) is 18.2 Å². The second kappa shape index (κ2) is 10.2. The molecule has 1 saturated heterocycles. The number of likely N-dealkylation sites (N-methyl/N-ethyl adjacent to an activating group) is 1. The van der Waals surface area contributed by atoms with E-state index in [9.17, 15) is 4.39 Å². The summed E-state index contributed by atoms with van der Waals surface area (Å²) in [5, 5.41) is 15.3. The lowest BCUT2D eigenvalue weighted by molar-refractivity contribution is 0.267. The van der Waals surface area contributed by atoms with Gasteiger partial charge in [-0.25, -0.2) is 9.38 Å². The van der Waals surface area contributed by atoms with Crippen molar-refractivity contribution in [3.63, 3.8) is 0 Å². The minimum absolute atomic E-state index is 0.212. The lowest BCUT2D eigenvalue weighted by Gasteiger charge is -2.28. The van der Waals surface area contributed by atoms with Gasteiger partial charge < -0.3 is 15.2 Å². The molecule has 3 rings (SSSR count). The Morgan fingerprint density at radius 2 is 2.10 bits per heavy atom. The molecule has 1 unspecified atom stereocenters. The van der Waals surface area contributed by atoms with Crippen molar-refractivity contribution >= 4 is 5.96 Å². The van der Waals surface area contributed by atoms with Crippen molar-refractivity contribution in [2.75, 3.05) is 26.2 Å². The third-order valence-electron chi connectivity index (χ3n) is 6.28. The van der Waals surface area contributed by atoms with Crippen LogP contribution in [0.5, 0.6) is 0 Å². The standard InChI is InChI=1S/C23H36FN7/c1-6-31-12-8-11-20(31)14-25-22(26-15-21-29-28-17(2)30(21)5)27-16-23(3,4)18-9-7-10-19(24)13-18/h7,9-10,13,20H,6,8,11-12,14-16H2,1-5H3,(H2,25,26,27). The normalized spacial score (nSPS) is 17.9. The monoisotopic (exact) mass is 429 g/mol. The molecule has 0 radical (unpaired) electrons. The molecule has 1 aliphatic rings. The molecule has 1 aliphatic heterocycles. The van der Waals surface area contributed by atoms with Crippen LogP contribution in [0.25, 0.3) is 0 Å². The van der Waals surface area contributed by atoms with Gasteiger partial charge >= 0.3 is 0 Å². The first-order chi connectivity index (χ1) is 14.8. The molecule has 0 spiro atoms. The first kappa shape index (κ1) is 23.2. The van der Waals surface area contributed by atoms with Crippen molar-refractivity contribution in [3.8, 4) is 0 Å². The Morgan fingerprint density at radius 1 is 1.29 bits per heavy atom. The lowest BCUT2D eigenvalue weighted by atomic mass is 9.84. The second-order valence-corrected chi connectivity index (χ2v) is 8.94.